The Kier molecular flexibility index (Phi) is 2.62. The quantitative estimate of drug-likeness (QED) is 0.821. The summed E-state index contributed by atoms with van der Waals surface area (Å²) in [4.78, 5) is 7.37. The Labute approximate surface area is 95.3 Å². The maximum Gasteiger partial charge on any atom is 0.0931 e. The monoisotopic (exact) mass is 215 g/mol. The molecule has 1 heterocycles. The van der Waals surface area contributed by atoms with E-state index in [-0.39, 0.29) is 0 Å². The second-order valence-electron chi connectivity index (χ2n) is 4.59. The lowest BCUT2D eigenvalue weighted by Gasteiger charge is -2.26. The Morgan fingerprint density at radius 3 is 3.12 bits per heavy atom. The lowest BCUT2D eigenvalue weighted by Crippen LogP contribution is -2.36. The van der Waals surface area contributed by atoms with Crippen molar-refractivity contribution in [3.8, 4) is 0 Å². The van der Waals surface area contributed by atoms with E-state index in [2.05, 4.69) is 33.5 Å². The maximum absolute atomic E-state index is 4.22. The lowest BCUT2D eigenvalue weighted by atomic mass is 9.93. The van der Waals surface area contributed by atoms with Gasteiger partial charge in [0, 0.05) is 6.04 Å². The van der Waals surface area contributed by atoms with Gasteiger partial charge in [0.2, 0.25) is 0 Å². The number of hydrogen-bond donors (Lipinski definition) is 2. The van der Waals surface area contributed by atoms with Gasteiger partial charge in [-0.05, 0) is 43.5 Å². The van der Waals surface area contributed by atoms with Gasteiger partial charge in [-0.1, -0.05) is 12.5 Å². The van der Waals surface area contributed by atoms with Gasteiger partial charge in [-0.3, -0.25) is 0 Å². The van der Waals surface area contributed by atoms with E-state index >= 15 is 0 Å². The van der Waals surface area contributed by atoms with Crippen LogP contribution in [-0.2, 0) is 6.42 Å². The van der Waals surface area contributed by atoms with Gasteiger partial charge >= 0.3 is 0 Å². The fraction of sp³-hybridized carbons (Fsp3) is 0.462. The third-order valence-corrected chi connectivity index (χ3v) is 3.44. The van der Waals surface area contributed by atoms with Crippen LogP contribution in [-0.4, -0.2) is 22.6 Å². The summed E-state index contributed by atoms with van der Waals surface area (Å²) in [6.45, 7) is 1.09. The molecule has 1 aliphatic carbocycles. The smallest absolute Gasteiger partial charge is 0.0931 e. The van der Waals surface area contributed by atoms with Crippen LogP contribution in [0.25, 0.3) is 11.0 Å². The average molecular weight is 215 g/mol. The lowest BCUT2D eigenvalue weighted by molar-refractivity contribution is 0.342. The minimum absolute atomic E-state index is 0.788. The molecule has 0 saturated heterocycles. The molecule has 1 aliphatic rings. The normalized spacial score (nSPS) is 16.5. The number of imidazole rings is 1. The van der Waals surface area contributed by atoms with Crippen molar-refractivity contribution in [3.63, 3.8) is 0 Å². The van der Waals surface area contributed by atoms with Crippen LogP contribution in [0, 0.1) is 0 Å². The Balaban J connectivity index is 1.60. The van der Waals surface area contributed by atoms with Crippen molar-refractivity contribution in [2.75, 3.05) is 6.54 Å². The maximum atomic E-state index is 4.22. The minimum atomic E-state index is 0.788. The molecule has 0 aliphatic heterocycles. The summed E-state index contributed by atoms with van der Waals surface area (Å²) in [6.07, 6.45) is 6.98. The van der Waals surface area contributed by atoms with E-state index in [1.807, 2.05) is 0 Å². The van der Waals surface area contributed by atoms with E-state index in [1.165, 1.54) is 24.8 Å². The van der Waals surface area contributed by atoms with Crippen molar-refractivity contribution in [2.45, 2.75) is 31.7 Å². The largest absolute Gasteiger partial charge is 0.345 e. The summed E-state index contributed by atoms with van der Waals surface area (Å²) in [5.74, 6) is 0. The van der Waals surface area contributed by atoms with Crippen molar-refractivity contribution < 1.29 is 0 Å². The highest BCUT2D eigenvalue weighted by molar-refractivity contribution is 5.75. The zero-order valence-electron chi connectivity index (χ0n) is 9.37. The van der Waals surface area contributed by atoms with Gasteiger partial charge in [0.05, 0.1) is 17.4 Å². The number of nitrogens with one attached hydrogen (secondary N) is 2. The first kappa shape index (κ1) is 9.85. The van der Waals surface area contributed by atoms with Crippen molar-refractivity contribution in [1.82, 2.24) is 15.3 Å². The van der Waals surface area contributed by atoms with E-state index in [0.717, 1.165) is 30.0 Å². The summed E-state index contributed by atoms with van der Waals surface area (Å²) >= 11 is 0. The highest BCUT2D eigenvalue weighted by atomic mass is 14.9. The first-order valence-corrected chi connectivity index (χ1v) is 6.07. The molecule has 2 aromatic rings. The Morgan fingerprint density at radius 1 is 1.38 bits per heavy atom. The molecule has 2 N–H and O–H groups in total. The van der Waals surface area contributed by atoms with Crippen LogP contribution in [0.3, 0.4) is 0 Å². The third-order valence-electron chi connectivity index (χ3n) is 3.44. The van der Waals surface area contributed by atoms with Crippen molar-refractivity contribution in [3.05, 3.63) is 30.1 Å². The molecule has 16 heavy (non-hydrogen) atoms. The molecule has 84 valence electrons. The molecule has 0 spiro atoms. The topological polar surface area (TPSA) is 40.7 Å². The molecule has 0 unspecified atom stereocenters. The second-order valence-corrected chi connectivity index (χ2v) is 4.59. The van der Waals surface area contributed by atoms with Gasteiger partial charge in [0.25, 0.3) is 0 Å². The SMILES string of the molecule is c1nc2ccc(CCNC3CCC3)cc2[nH]1. The molecule has 1 saturated carbocycles. The highest BCUT2D eigenvalue weighted by Gasteiger charge is 2.15. The Hall–Kier alpha value is -1.35. The number of benzene rings is 1. The molecule has 1 aromatic heterocycles. The molecular formula is C13H17N3. The Bertz CT molecular complexity index is 471. The van der Waals surface area contributed by atoms with Crippen molar-refractivity contribution in [2.24, 2.45) is 0 Å². The van der Waals surface area contributed by atoms with Crippen LogP contribution in [0.2, 0.25) is 0 Å². The molecule has 1 aromatic carbocycles. The third kappa shape index (κ3) is 1.95. The van der Waals surface area contributed by atoms with Gasteiger partial charge in [-0.15, -0.1) is 0 Å². The molecule has 3 rings (SSSR count). The van der Waals surface area contributed by atoms with Gasteiger partial charge in [0.1, 0.15) is 0 Å². The van der Waals surface area contributed by atoms with E-state index in [1.54, 1.807) is 6.33 Å². The molecule has 0 bridgehead atoms. The van der Waals surface area contributed by atoms with Crippen LogP contribution in [0.5, 0.6) is 0 Å². The predicted molar refractivity (Wildman–Crippen MR) is 65.4 cm³/mol. The molecular weight excluding hydrogens is 198 g/mol. The molecule has 0 amide bonds. The van der Waals surface area contributed by atoms with E-state index in [4.69, 9.17) is 0 Å². The number of hydrogen-bond acceptors (Lipinski definition) is 2. The van der Waals surface area contributed by atoms with Gasteiger partial charge in [0.15, 0.2) is 0 Å². The summed E-state index contributed by atoms with van der Waals surface area (Å²) in [7, 11) is 0. The minimum Gasteiger partial charge on any atom is -0.345 e. The number of aromatic nitrogens is 2. The zero-order chi connectivity index (χ0) is 10.8. The summed E-state index contributed by atoms with van der Waals surface area (Å²) in [6, 6.07) is 7.25. The zero-order valence-corrected chi connectivity index (χ0v) is 9.37. The van der Waals surface area contributed by atoms with E-state index < -0.39 is 0 Å². The van der Waals surface area contributed by atoms with Crippen molar-refractivity contribution in [1.29, 1.82) is 0 Å². The number of nitrogens with zero attached hydrogens (tertiary/aromatic N) is 1. The molecule has 1 fully saturated rings. The van der Waals surface area contributed by atoms with E-state index in [0.29, 0.717) is 0 Å². The van der Waals surface area contributed by atoms with Gasteiger partial charge in [-0.2, -0.15) is 0 Å². The number of H-pyrrole nitrogens is 1. The molecule has 3 nitrogen and oxygen atoms in total. The summed E-state index contributed by atoms with van der Waals surface area (Å²) < 4.78 is 0. The predicted octanol–water partition coefficient (Wildman–Crippen LogP) is 2.25. The van der Waals surface area contributed by atoms with Crippen LogP contribution >= 0.6 is 0 Å². The highest BCUT2D eigenvalue weighted by Crippen LogP contribution is 2.18. The Morgan fingerprint density at radius 2 is 2.31 bits per heavy atom. The molecule has 3 heteroatoms. The first-order chi connectivity index (χ1) is 7.92. The van der Waals surface area contributed by atoms with Crippen LogP contribution in [0.4, 0.5) is 0 Å². The standard InChI is InChI=1S/C13H17N3/c1-2-11(3-1)14-7-6-10-4-5-12-13(8-10)16-9-15-12/h4-5,8-9,11,14H,1-3,6-7H2,(H,15,16). The van der Waals surface area contributed by atoms with Crippen LogP contribution in [0.15, 0.2) is 24.5 Å². The van der Waals surface area contributed by atoms with Crippen molar-refractivity contribution >= 4 is 11.0 Å². The molecule has 0 radical (unpaired) electrons. The van der Waals surface area contributed by atoms with Gasteiger partial charge < -0.3 is 10.3 Å². The average Bonchev–Trinajstić information content (AvgIpc) is 2.68. The second kappa shape index (κ2) is 4.26. The summed E-state index contributed by atoms with van der Waals surface area (Å²) in [5, 5.41) is 3.58. The van der Waals surface area contributed by atoms with Crippen LogP contribution in [0.1, 0.15) is 24.8 Å². The fourth-order valence-corrected chi connectivity index (χ4v) is 2.17. The first-order valence-electron chi connectivity index (χ1n) is 6.07. The summed E-state index contributed by atoms with van der Waals surface area (Å²) in [5.41, 5.74) is 3.57. The molecule has 0 atom stereocenters. The number of fused-ring (bicyclic) bond motifs is 1. The number of aromatic amines is 1. The van der Waals surface area contributed by atoms with Crippen LogP contribution < -0.4 is 5.32 Å². The van der Waals surface area contributed by atoms with Gasteiger partial charge in [-0.25, -0.2) is 4.98 Å². The van der Waals surface area contributed by atoms with E-state index in [9.17, 15) is 0 Å². The number of rotatable bonds is 4. The fourth-order valence-electron chi connectivity index (χ4n) is 2.17.